The van der Waals surface area contributed by atoms with Crippen LogP contribution in [0.2, 0.25) is 0 Å². The minimum absolute atomic E-state index is 0.0759. The van der Waals surface area contributed by atoms with Crippen molar-refractivity contribution in [2.45, 2.75) is 44.2 Å². The molecule has 1 N–H and O–H groups in total. The summed E-state index contributed by atoms with van der Waals surface area (Å²) >= 11 is 0. The van der Waals surface area contributed by atoms with E-state index < -0.39 is 16.1 Å². The van der Waals surface area contributed by atoms with Gasteiger partial charge in [0.25, 0.3) is 5.91 Å². The van der Waals surface area contributed by atoms with Crippen molar-refractivity contribution in [1.29, 1.82) is 0 Å². The number of imidazole rings is 1. The van der Waals surface area contributed by atoms with Gasteiger partial charge in [-0.15, -0.1) is 0 Å². The third-order valence-corrected chi connectivity index (χ3v) is 11.3. The summed E-state index contributed by atoms with van der Waals surface area (Å²) in [6, 6.07) is 16.4. The number of rotatable bonds is 14. The molecule has 1 unspecified atom stereocenters. The van der Waals surface area contributed by atoms with Gasteiger partial charge in [0.1, 0.15) is 29.6 Å². The van der Waals surface area contributed by atoms with E-state index in [1.165, 1.54) is 21.4 Å². The molecule has 2 fully saturated rings. The van der Waals surface area contributed by atoms with Crippen molar-refractivity contribution in [3.8, 4) is 17.0 Å². The number of benzene rings is 2. The van der Waals surface area contributed by atoms with E-state index in [4.69, 9.17) is 9.47 Å². The summed E-state index contributed by atoms with van der Waals surface area (Å²) in [4.78, 5) is 31.4. The van der Waals surface area contributed by atoms with Gasteiger partial charge in [0.15, 0.2) is 0 Å². The second-order valence-corrected chi connectivity index (χ2v) is 15.6. The fourth-order valence-corrected chi connectivity index (χ4v) is 8.36. The van der Waals surface area contributed by atoms with Crippen molar-refractivity contribution in [3.05, 3.63) is 125 Å². The molecule has 0 aliphatic carbocycles. The lowest BCUT2D eigenvalue weighted by Crippen LogP contribution is -2.47. The van der Waals surface area contributed by atoms with Gasteiger partial charge in [0.05, 0.1) is 30.2 Å². The minimum Gasteiger partial charge on any atom is -0.495 e. The smallest absolute Gasteiger partial charge is 0.329 e. The van der Waals surface area contributed by atoms with Crippen LogP contribution in [-0.2, 0) is 28.4 Å². The van der Waals surface area contributed by atoms with E-state index in [1.807, 2.05) is 86.7 Å². The number of piperazine rings is 1. The number of allylic oxidation sites excluding steroid dienone is 5. The molecule has 2 aromatic heterocycles. The summed E-state index contributed by atoms with van der Waals surface area (Å²) in [6.07, 6.45) is 9.58. The van der Waals surface area contributed by atoms with Crippen LogP contribution in [0.4, 0.5) is 0 Å². The molecule has 13 nitrogen and oxygen atoms in total. The third-order valence-electron chi connectivity index (χ3n) is 9.50. The SMILES string of the molecule is C=C(C)/C=C\C=C(/C)OCCOc1cccc(Cn2c(C(=O)N3CCNCC3)c(-c3ccccc3)n(C3CCCN(S(=O)(=O)c4cnn(C)c4)C3)c2=O)c1. The highest BCUT2D eigenvalue weighted by Gasteiger charge is 2.37. The summed E-state index contributed by atoms with van der Waals surface area (Å²) in [5.41, 5.74) is 2.82. The van der Waals surface area contributed by atoms with Crippen LogP contribution in [0.25, 0.3) is 11.3 Å². The molecule has 2 saturated heterocycles. The van der Waals surface area contributed by atoms with Crippen LogP contribution in [-0.4, -0.2) is 94.9 Å². The van der Waals surface area contributed by atoms with Crippen molar-refractivity contribution in [3.63, 3.8) is 0 Å². The number of carbonyl (C=O) groups is 1. The quantitative estimate of drug-likeness (QED) is 0.112. The number of nitrogens with one attached hydrogen (secondary N) is 1. The summed E-state index contributed by atoms with van der Waals surface area (Å²) in [7, 11) is -2.20. The molecule has 0 saturated carbocycles. The van der Waals surface area contributed by atoms with Gasteiger partial charge in [0, 0.05) is 58.1 Å². The number of sulfonamides is 1. The highest BCUT2D eigenvalue weighted by atomic mass is 32.2. The van der Waals surface area contributed by atoms with Gasteiger partial charge in [-0.3, -0.25) is 18.6 Å². The predicted octanol–water partition coefficient (Wildman–Crippen LogP) is 4.60. The molecule has 4 aromatic rings. The Morgan fingerprint density at radius 1 is 1.06 bits per heavy atom. The zero-order valence-corrected chi connectivity index (χ0v) is 32.0. The lowest BCUT2D eigenvalue weighted by atomic mass is 10.0. The Morgan fingerprint density at radius 3 is 2.56 bits per heavy atom. The average Bonchev–Trinajstić information content (AvgIpc) is 3.75. The van der Waals surface area contributed by atoms with Gasteiger partial charge in [-0.05, 0) is 50.5 Å². The van der Waals surface area contributed by atoms with E-state index in [0.29, 0.717) is 75.8 Å². The first-order valence-electron chi connectivity index (χ1n) is 18.3. The van der Waals surface area contributed by atoms with Crippen LogP contribution in [0.15, 0.2) is 113 Å². The number of aromatic nitrogens is 4. The maximum absolute atomic E-state index is 14.9. The average molecular weight is 756 g/mol. The summed E-state index contributed by atoms with van der Waals surface area (Å²) in [6.45, 7) is 11.1. The van der Waals surface area contributed by atoms with Crippen molar-refractivity contribution in [1.82, 2.24) is 33.4 Å². The largest absolute Gasteiger partial charge is 0.495 e. The lowest BCUT2D eigenvalue weighted by molar-refractivity contribution is 0.0725. The van der Waals surface area contributed by atoms with Crippen LogP contribution in [0.5, 0.6) is 5.75 Å². The number of nitrogens with zero attached hydrogens (tertiary/aromatic N) is 6. The standard InChI is InChI=1S/C40H49N7O6S/c1-30(2)11-8-12-31(3)52-23-24-53-35-17-9-13-32(25-35)27-46-38(39(48)44-21-18-41-19-22-44)37(33-14-6-5-7-15-33)47(40(46)49)34-16-10-20-45(28-34)54(50,51)36-26-42-43(4)29-36/h5-9,11-15,17,25-26,29,34,41H,1,10,16,18-24,27-28H2,2-4H3/b11-8-,31-12+. The third kappa shape index (κ3) is 8.95. The molecule has 4 heterocycles. The van der Waals surface area contributed by atoms with E-state index in [1.54, 1.807) is 21.1 Å². The fraction of sp³-hybridized carbons (Fsp3) is 0.375. The Hall–Kier alpha value is -5.18. The Labute approximate surface area is 316 Å². The Kier molecular flexibility index (Phi) is 12.4. The number of hydrogen-bond acceptors (Lipinski definition) is 8. The van der Waals surface area contributed by atoms with Gasteiger partial charge in [-0.1, -0.05) is 66.8 Å². The van der Waals surface area contributed by atoms with Crippen LogP contribution in [0.1, 0.15) is 48.8 Å². The molecule has 0 spiro atoms. The van der Waals surface area contributed by atoms with Crippen molar-refractivity contribution in [2.75, 3.05) is 52.5 Å². The topological polar surface area (TPSA) is 133 Å². The molecule has 1 amide bonds. The van der Waals surface area contributed by atoms with Gasteiger partial charge < -0.3 is 19.7 Å². The molecule has 2 aliphatic rings. The Morgan fingerprint density at radius 2 is 1.83 bits per heavy atom. The van der Waals surface area contributed by atoms with E-state index in [2.05, 4.69) is 17.0 Å². The van der Waals surface area contributed by atoms with Crippen LogP contribution >= 0.6 is 0 Å². The molecule has 0 bridgehead atoms. The zero-order chi connectivity index (χ0) is 38.2. The van der Waals surface area contributed by atoms with Crippen molar-refractivity contribution >= 4 is 15.9 Å². The Bertz CT molecular complexity index is 2180. The van der Waals surface area contributed by atoms with Crippen molar-refractivity contribution < 1.29 is 22.7 Å². The molecular formula is C40H49N7O6S. The molecule has 6 rings (SSSR count). The first-order chi connectivity index (χ1) is 26.0. The van der Waals surface area contributed by atoms with E-state index in [-0.39, 0.29) is 35.3 Å². The van der Waals surface area contributed by atoms with E-state index in [0.717, 1.165) is 16.9 Å². The summed E-state index contributed by atoms with van der Waals surface area (Å²) in [5, 5.41) is 7.38. The molecule has 1 atom stereocenters. The number of carbonyl (C=O) groups excluding carboxylic acids is 1. The molecule has 2 aliphatic heterocycles. The number of amides is 1. The second-order valence-electron chi connectivity index (χ2n) is 13.7. The summed E-state index contributed by atoms with van der Waals surface area (Å²) < 4.78 is 45.4. The maximum atomic E-state index is 14.9. The minimum atomic E-state index is -3.87. The highest BCUT2D eigenvalue weighted by molar-refractivity contribution is 7.89. The fourth-order valence-electron chi connectivity index (χ4n) is 6.86. The zero-order valence-electron chi connectivity index (χ0n) is 31.2. The molecule has 14 heteroatoms. The monoisotopic (exact) mass is 755 g/mol. The molecule has 286 valence electrons. The Balaban J connectivity index is 1.35. The van der Waals surface area contributed by atoms with Gasteiger partial charge >= 0.3 is 5.69 Å². The van der Waals surface area contributed by atoms with E-state index in [9.17, 15) is 18.0 Å². The molecule has 54 heavy (non-hydrogen) atoms. The van der Waals surface area contributed by atoms with Crippen LogP contribution < -0.4 is 15.7 Å². The molecular weight excluding hydrogens is 707 g/mol. The van der Waals surface area contributed by atoms with Crippen LogP contribution in [0.3, 0.4) is 0 Å². The van der Waals surface area contributed by atoms with Crippen molar-refractivity contribution in [2.24, 2.45) is 7.05 Å². The molecule has 0 radical (unpaired) electrons. The number of piperidine rings is 1. The first kappa shape index (κ1) is 38.5. The second kappa shape index (κ2) is 17.3. The van der Waals surface area contributed by atoms with Crippen LogP contribution in [0, 0.1) is 0 Å². The predicted molar refractivity (Wildman–Crippen MR) is 208 cm³/mol. The number of aryl methyl sites for hydroxylation is 1. The highest BCUT2D eigenvalue weighted by Crippen LogP contribution is 2.33. The first-order valence-corrected chi connectivity index (χ1v) is 19.7. The van der Waals surface area contributed by atoms with Gasteiger partial charge in [0.2, 0.25) is 10.0 Å². The normalized spacial score (nSPS) is 17.2. The maximum Gasteiger partial charge on any atom is 0.329 e. The number of ether oxygens (including phenoxy) is 2. The van der Waals surface area contributed by atoms with Gasteiger partial charge in [-0.25, -0.2) is 13.2 Å². The van der Waals surface area contributed by atoms with Gasteiger partial charge in [-0.2, -0.15) is 9.40 Å². The molecule has 2 aromatic carbocycles. The lowest BCUT2D eigenvalue weighted by Gasteiger charge is -2.33. The number of hydrogen-bond donors (Lipinski definition) is 1. The summed E-state index contributed by atoms with van der Waals surface area (Å²) in [5.74, 6) is 1.11. The van der Waals surface area contributed by atoms with E-state index >= 15 is 0 Å².